The third-order valence-electron chi connectivity index (χ3n) is 5.84. The average Bonchev–Trinajstić information content (AvgIpc) is 2.89. The van der Waals surface area contributed by atoms with Crippen LogP contribution in [0.1, 0.15) is 54.2 Å². The van der Waals surface area contributed by atoms with E-state index in [-0.39, 0.29) is 0 Å². The number of carbonyl (C=O) groups excluding carboxylic acids is 2. The lowest BCUT2D eigenvalue weighted by atomic mass is 9.92. The number of ether oxygens (including phenoxy) is 1. The molecule has 0 radical (unpaired) electrons. The molecule has 0 bridgehead atoms. The predicted molar refractivity (Wildman–Crippen MR) is 156 cm³/mol. The number of benzene rings is 2. The van der Waals surface area contributed by atoms with Crippen molar-refractivity contribution in [2.45, 2.75) is 45.8 Å². The van der Waals surface area contributed by atoms with Gasteiger partial charge in [0.15, 0.2) is 0 Å². The molecule has 1 amide bonds. The van der Waals surface area contributed by atoms with Crippen LogP contribution in [0.2, 0.25) is 0 Å². The van der Waals surface area contributed by atoms with Crippen LogP contribution in [0.3, 0.4) is 0 Å². The number of hydrogen-bond donors (Lipinski definition) is 2. The lowest BCUT2D eigenvalue weighted by Crippen LogP contribution is -2.41. The van der Waals surface area contributed by atoms with Gasteiger partial charge in [0, 0.05) is 23.5 Å². The highest BCUT2D eigenvalue weighted by molar-refractivity contribution is 7.98. The Kier molecular flexibility index (Phi) is 10.1. The maximum Gasteiger partial charge on any atom is 0.339 e. The number of esters is 1. The summed E-state index contributed by atoms with van der Waals surface area (Å²) in [5.74, 6) is -1.44. The Bertz CT molecular complexity index is 1360. The number of rotatable bonds is 10. The summed E-state index contributed by atoms with van der Waals surface area (Å²) < 4.78 is 5.66. The molecule has 0 fully saturated rings. The molecule has 0 aliphatic rings. The monoisotopic (exact) mass is 546 g/mol. The maximum atomic E-state index is 13.4. The first-order chi connectivity index (χ1) is 18.5. The van der Waals surface area contributed by atoms with Gasteiger partial charge < -0.3 is 15.2 Å². The van der Waals surface area contributed by atoms with Gasteiger partial charge in [-0.05, 0) is 92.7 Å². The van der Waals surface area contributed by atoms with Gasteiger partial charge in [-0.2, -0.15) is 11.8 Å². The summed E-state index contributed by atoms with van der Waals surface area (Å²) in [6.45, 7) is 7.36. The standard InChI is InChI=1S/C31H34N2O5S/c1-20-9-6-7-11-23(20)26-18-21(12-13-24(26)28(34)33-27(29(35)36)14-16-39-5)17-25(22-10-8-15-32-19-22)30(37)38-31(2,3)4/h6-13,15,17-19,27H,14,16H2,1-5H3,(H,33,34)(H,35,36)/t27-/m0/s1. The molecule has 8 heteroatoms. The summed E-state index contributed by atoms with van der Waals surface area (Å²) >= 11 is 1.52. The number of hydrogen-bond acceptors (Lipinski definition) is 6. The molecule has 2 N–H and O–H groups in total. The van der Waals surface area contributed by atoms with E-state index in [9.17, 15) is 19.5 Å². The molecule has 3 rings (SSSR count). The van der Waals surface area contributed by atoms with Gasteiger partial charge in [0.2, 0.25) is 0 Å². The molecule has 3 aromatic rings. The second-order valence-electron chi connectivity index (χ2n) is 10.1. The fourth-order valence-corrected chi connectivity index (χ4v) is 4.43. The first-order valence-corrected chi connectivity index (χ1v) is 14.0. The summed E-state index contributed by atoms with van der Waals surface area (Å²) in [7, 11) is 0. The molecule has 0 unspecified atom stereocenters. The van der Waals surface area contributed by atoms with E-state index >= 15 is 0 Å². The lowest BCUT2D eigenvalue weighted by Gasteiger charge is -2.21. The van der Waals surface area contributed by atoms with Crippen LogP contribution in [-0.2, 0) is 14.3 Å². The molecule has 204 valence electrons. The number of amides is 1. The van der Waals surface area contributed by atoms with Gasteiger partial charge >= 0.3 is 11.9 Å². The fraction of sp³-hybridized carbons (Fsp3) is 0.290. The van der Waals surface area contributed by atoms with Crippen molar-refractivity contribution < 1.29 is 24.2 Å². The summed E-state index contributed by atoms with van der Waals surface area (Å²) in [4.78, 5) is 42.5. The smallest absolute Gasteiger partial charge is 0.339 e. The zero-order valence-corrected chi connectivity index (χ0v) is 23.7. The van der Waals surface area contributed by atoms with E-state index in [0.717, 1.165) is 11.1 Å². The van der Waals surface area contributed by atoms with Gasteiger partial charge in [0.05, 0.1) is 5.57 Å². The quantitative estimate of drug-likeness (QED) is 0.242. The number of pyridine rings is 1. The molecule has 0 spiro atoms. The second kappa shape index (κ2) is 13.2. The lowest BCUT2D eigenvalue weighted by molar-refractivity contribution is -0.147. The molecule has 0 saturated heterocycles. The molecule has 0 saturated carbocycles. The number of nitrogens with one attached hydrogen (secondary N) is 1. The minimum absolute atomic E-state index is 0.313. The topological polar surface area (TPSA) is 106 Å². The number of nitrogens with zero attached hydrogens (tertiary/aromatic N) is 1. The number of aryl methyl sites for hydroxylation is 1. The van der Waals surface area contributed by atoms with E-state index in [1.165, 1.54) is 11.8 Å². The van der Waals surface area contributed by atoms with Crippen LogP contribution in [0.25, 0.3) is 22.8 Å². The molecular formula is C31H34N2O5S. The van der Waals surface area contributed by atoms with E-state index < -0.39 is 29.5 Å². The Labute approximate surface area is 233 Å². The van der Waals surface area contributed by atoms with E-state index in [1.807, 2.05) is 43.5 Å². The molecule has 0 aliphatic heterocycles. The van der Waals surface area contributed by atoms with Crippen LogP contribution in [0, 0.1) is 6.92 Å². The maximum absolute atomic E-state index is 13.4. The number of aromatic nitrogens is 1. The van der Waals surface area contributed by atoms with E-state index in [2.05, 4.69) is 10.3 Å². The van der Waals surface area contributed by atoms with Crippen molar-refractivity contribution in [3.8, 4) is 11.1 Å². The Morgan fingerprint density at radius 2 is 1.82 bits per heavy atom. The Hall–Kier alpha value is -3.91. The van der Waals surface area contributed by atoms with Crippen molar-refractivity contribution in [2.75, 3.05) is 12.0 Å². The van der Waals surface area contributed by atoms with Crippen LogP contribution in [0.15, 0.2) is 67.0 Å². The Morgan fingerprint density at radius 1 is 1.08 bits per heavy atom. The van der Waals surface area contributed by atoms with Crippen LogP contribution < -0.4 is 5.32 Å². The molecular weight excluding hydrogens is 512 g/mol. The summed E-state index contributed by atoms with van der Waals surface area (Å²) in [6.07, 6.45) is 7.14. The minimum Gasteiger partial charge on any atom is -0.480 e. The second-order valence-corrected chi connectivity index (χ2v) is 11.1. The zero-order chi connectivity index (χ0) is 28.6. The number of thioether (sulfide) groups is 1. The average molecular weight is 547 g/mol. The van der Waals surface area contributed by atoms with Gasteiger partial charge in [-0.3, -0.25) is 9.78 Å². The van der Waals surface area contributed by atoms with Crippen LogP contribution in [0.5, 0.6) is 0 Å². The molecule has 1 aromatic heterocycles. The van der Waals surface area contributed by atoms with Gasteiger partial charge in [-0.25, -0.2) is 9.59 Å². The third-order valence-corrected chi connectivity index (χ3v) is 6.48. The van der Waals surface area contributed by atoms with Gasteiger partial charge in [-0.15, -0.1) is 0 Å². The number of carboxylic acid groups (broad SMARTS) is 1. The third kappa shape index (κ3) is 8.29. The van der Waals surface area contributed by atoms with Crippen molar-refractivity contribution >= 4 is 41.3 Å². The van der Waals surface area contributed by atoms with E-state index in [4.69, 9.17) is 4.74 Å². The van der Waals surface area contributed by atoms with Gasteiger partial charge in [0.25, 0.3) is 5.91 Å². The summed E-state index contributed by atoms with van der Waals surface area (Å²) in [5.41, 5.74) is 3.66. The summed E-state index contributed by atoms with van der Waals surface area (Å²) in [6, 6.07) is 15.4. The molecule has 2 aromatic carbocycles. The van der Waals surface area contributed by atoms with E-state index in [1.54, 1.807) is 63.5 Å². The van der Waals surface area contributed by atoms with Crippen molar-refractivity contribution in [3.05, 3.63) is 89.2 Å². The number of carboxylic acids is 1. The molecule has 1 heterocycles. The highest BCUT2D eigenvalue weighted by Gasteiger charge is 2.24. The van der Waals surface area contributed by atoms with Crippen molar-refractivity contribution in [1.82, 2.24) is 10.3 Å². The summed E-state index contributed by atoms with van der Waals surface area (Å²) in [5, 5.41) is 12.3. The number of carbonyl (C=O) groups is 3. The van der Waals surface area contributed by atoms with E-state index in [0.29, 0.717) is 40.0 Å². The SMILES string of the molecule is CSCC[C@H](NC(=O)c1ccc(C=C(C(=O)OC(C)(C)C)c2cccnc2)cc1-c1ccccc1C)C(=O)O. The van der Waals surface area contributed by atoms with Crippen LogP contribution >= 0.6 is 11.8 Å². The highest BCUT2D eigenvalue weighted by Crippen LogP contribution is 2.30. The molecule has 39 heavy (non-hydrogen) atoms. The van der Waals surface area contributed by atoms with Crippen LogP contribution in [-0.4, -0.2) is 51.6 Å². The first-order valence-electron chi connectivity index (χ1n) is 12.6. The zero-order valence-electron chi connectivity index (χ0n) is 22.9. The predicted octanol–water partition coefficient (Wildman–Crippen LogP) is 5.88. The largest absolute Gasteiger partial charge is 0.480 e. The van der Waals surface area contributed by atoms with Crippen molar-refractivity contribution in [1.29, 1.82) is 0 Å². The highest BCUT2D eigenvalue weighted by atomic mass is 32.2. The minimum atomic E-state index is -1.08. The molecule has 0 aliphatic carbocycles. The van der Waals surface area contributed by atoms with Crippen molar-refractivity contribution in [2.24, 2.45) is 0 Å². The fourth-order valence-electron chi connectivity index (χ4n) is 3.96. The van der Waals surface area contributed by atoms with Gasteiger partial charge in [-0.1, -0.05) is 36.4 Å². The Balaban J connectivity index is 2.12. The van der Waals surface area contributed by atoms with Gasteiger partial charge in [0.1, 0.15) is 11.6 Å². The van der Waals surface area contributed by atoms with Crippen LogP contribution in [0.4, 0.5) is 0 Å². The Morgan fingerprint density at radius 3 is 2.44 bits per heavy atom. The molecule has 7 nitrogen and oxygen atoms in total. The normalized spacial score (nSPS) is 12.5. The molecule has 1 atom stereocenters. The number of aliphatic carboxylic acids is 1. The van der Waals surface area contributed by atoms with Crippen molar-refractivity contribution in [3.63, 3.8) is 0 Å². The first kappa shape index (κ1) is 29.6.